The fraction of sp³-hybridized carbons (Fsp3) is 0.200. The van der Waals surface area contributed by atoms with E-state index in [1.54, 1.807) is 55.6 Å². The van der Waals surface area contributed by atoms with E-state index in [4.69, 9.17) is 10.5 Å². The van der Waals surface area contributed by atoms with Crippen LogP contribution in [0.25, 0.3) is 0 Å². The van der Waals surface area contributed by atoms with E-state index in [9.17, 15) is 8.42 Å². The van der Waals surface area contributed by atoms with Crippen LogP contribution in [0.1, 0.15) is 11.6 Å². The zero-order valence-corrected chi connectivity index (χ0v) is 13.9. The van der Waals surface area contributed by atoms with Crippen LogP contribution in [-0.2, 0) is 9.84 Å². The highest BCUT2D eigenvalue weighted by molar-refractivity contribution is 9.10. The molecule has 0 amide bonds. The molecular weight excluding hydrogens is 354 g/mol. The summed E-state index contributed by atoms with van der Waals surface area (Å²) >= 11 is 3.28. The number of hydrogen-bond acceptors (Lipinski definition) is 4. The monoisotopic (exact) mass is 369 g/mol. The maximum absolute atomic E-state index is 12.4. The first kappa shape index (κ1) is 16.0. The number of nitrogens with two attached hydrogens (primary N) is 1. The lowest BCUT2D eigenvalue weighted by Crippen LogP contribution is -2.21. The molecule has 0 aliphatic rings. The van der Waals surface area contributed by atoms with Crippen LogP contribution in [0, 0.1) is 0 Å². The summed E-state index contributed by atoms with van der Waals surface area (Å²) in [6.07, 6.45) is 0. The topological polar surface area (TPSA) is 69.4 Å². The number of benzene rings is 2. The van der Waals surface area contributed by atoms with Crippen molar-refractivity contribution in [1.29, 1.82) is 0 Å². The molecule has 4 nitrogen and oxygen atoms in total. The van der Waals surface area contributed by atoms with E-state index in [1.807, 2.05) is 0 Å². The maximum atomic E-state index is 12.4. The summed E-state index contributed by atoms with van der Waals surface area (Å²) in [4.78, 5) is 0.268. The Morgan fingerprint density at radius 2 is 1.86 bits per heavy atom. The number of halogens is 1. The van der Waals surface area contributed by atoms with Crippen LogP contribution in [0.2, 0.25) is 0 Å². The molecule has 0 saturated carbocycles. The van der Waals surface area contributed by atoms with Gasteiger partial charge in [-0.25, -0.2) is 8.42 Å². The Hall–Kier alpha value is -1.37. The Labute approximate surface area is 133 Å². The van der Waals surface area contributed by atoms with Crippen molar-refractivity contribution >= 4 is 25.8 Å². The fourth-order valence-electron chi connectivity index (χ4n) is 1.94. The normalized spacial score (nSPS) is 12.9. The minimum Gasteiger partial charge on any atom is -0.497 e. The molecule has 21 heavy (non-hydrogen) atoms. The Morgan fingerprint density at radius 3 is 2.48 bits per heavy atom. The highest BCUT2D eigenvalue weighted by Crippen LogP contribution is 2.22. The zero-order valence-electron chi connectivity index (χ0n) is 11.5. The molecule has 0 fully saturated rings. The van der Waals surface area contributed by atoms with Gasteiger partial charge in [0, 0.05) is 10.5 Å². The van der Waals surface area contributed by atoms with Crippen LogP contribution < -0.4 is 10.5 Å². The molecule has 2 rings (SSSR count). The van der Waals surface area contributed by atoms with Crippen molar-refractivity contribution in [2.24, 2.45) is 5.73 Å². The molecule has 0 radical (unpaired) electrons. The van der Waals surface area contributed by atoms with Crippen LogP contribution in [0.4, 0.5) is 0 Å². The molecule has 0 spiro atoms. The van der Waals surface area contributed by atoms with Crippen molar-refractivity contribution in [1.82, 2.24) is 0 Å². The zero-order chi connectivity index (χ0) is 15.5. The van der Waals surface area contributed by atoms with Gasteiger partial charge in [0.2, 0.25) is 0 Å². The maximum Gasteiger partial charge on any atom is 0.180 e. The number of rotatable bonds is 5. The Balaban J connectivity index is 2.21. The van der Waals surface area contributed by atoms with Gasteiger partial charge in [-0.05, 0) is 42.0 Å². The van der Waals surface area contributed by atoms with Gasteiger partial charge in [-0.1, -0.05) is 28.1 Å². The minimum atomic E-state index is -3.43. The summed E-state index contributed by atoms with van der Waals surface area (Å²) in [5.74, 6) is 0.505. The average Bonchev–Trinajstić information content (AvgIpc) is 2.47. The first-order chi connectivity index (χ1) is 9.92. The molecule has 2 aromatic carbocycles. The van der Waals surface area contributed by atoms with Gasteiger partial charge in [0.1, 0.15) is 5.75 Å². The molecule has 1 unspecified atom stereocenters. The van der Waals surface area contributed by atoms with E-state index < -0.39 is 15.9 Å². The van der Waals surface area contributed by atoms with Crippen LogP contribution in [-0.4, -0.2) is 21.3 Å². The number of sulfone groups is 1. The molecule has 6 heteroatoms. The van der Waals surface area contributed by atoms with Gasteiger partial charge in [-0.3, -0.25) is 0 Å². The summed E-state index contributed by atoms with van der Waals surface area (Å²) in [6.45, 7) is 0. The van der Waals surface area contributed by atoms with Gasteiger partial charge in [0.25, 0.3) is 0 Å². The predicted octanol–water partition coefficient (Wildman–Crippen LogP) is 2.93. The van der Waals surface area contributed by atoms with Crippen molar-refractivity contribution < 1.29 is 13.2 Å². The molecular formula is C15H16BrNO3S. The van der Waals surface area contributed by atoms with Crippen molar-refractivity contribution in [3.8, 4) is 5.75 Å². The third-order valence-corrected chi connectivity index (χ3v) is 5.41. The van der Waals surface area contributed by atoms with Crippen LogP contribution in [0.15, 0.2) is 57.9 Å². The van der Waals surface area contributed by atoms with Gasteiger partial charge >= 0.3 is 0 Å². The largest absolute Gasteiger partial charge is 0.497 e. The molecule has 1 atom stereocenters. The standard InChI is InChI=1S/C15H16BrNO3S/c1-20-13-4-2-3-11(9-13)15(17)10-21(18,19)14-7-5-12(16)6-8-14/h2-9,15H,10,17H2,1H3. The summed E-state index contributed by atoms with van der Waals surface area (Å²) in [6, 6.07) is 13.1. The van der Waals surface area contributed by atoms with E-state index >= 15 is 0 Å². The fourth-order valence-corrected chi connectivity index (χ4v) is 3.62. The van der Waals surface area contributed by atoms with E-state index in [1.165, 1.54) is 0 Å². The number of ether oxygens (including phenoxy) is 1. The second-order valence-electron chi connectivity index (χ2n) is 4.62. The quantitative estimate of drug-likeness (QED) is 0.879. The second kappa shape index (κ2) is 6.60. The van der Waals surface area contributed by atoms with E-state index in [-0.39, 0.29) is 10.6 Å². The molecule has 0 aliphatic carbocycles. The molecule has 2 aromatic rings. The van der Waals surface area contributed by atoms with Crippen molar-refractivity contribution in [3.63, 3.8) is 0 Å². The van der Waals surface area contributed by atoms with Gasteiger partial charge in [-0.2, -0.15) is 0 Å². The first-order valence-corrected chi connectivity index (χ1v) is 8.75. The van der Waals surface area contributed by atoms with E-state index in [0.717, 1.165) is 10.0 Å². The van der Waals surface area contributed by atoms with Crippen molar-refractivity contribution in [3.05, 3.63) is 58.6 Å². The lowest BCUT2D eigenvalue weighted by Gasteiger charge is -2.13. The van der Waals surface area contributed by atoms with Gasteiger partial charge in [0.05, 0.1) is 17.8 Å². The first-order valence-electron chi connectivity index (χ1n) is 6.30. The summed E-state index contributed by atoms with van der Waals surface area (Å²) in [5.41, 5.74) is 6.76. The third kappa shape index (κ3) is 4.06. The Bertz CT molecular complexity index is 714. The molecule has 112 valence electrons. The molecule has 0 aromatic heterocycles. The predicted molar refractivity (Wildman–Crippen MR) is 86.1 cm³/mol. The summed E-state index contributed by atoms with van der Waals surface area (Å²) < 4.78 is 30.7. The molecule has 0 bridgehead atoms. The SMILES string of the molecule is COc1cccc(C(N)CS(=O)(=O)c2ccc(Br)cc2)c1. The summed E-state index contributed by atoms with van der Waals surface area (Å²) in [7, 11) is -1.87. The molecule has 0 heterocycles. The smallest absolute Gasteiger partial charge is 0.180 e. The average molecular weight is 370 g/mol. The number of methoxy groups -OCH3 is 1. The molecule has 2 N–H and O–H groups in total. The lowest BCUT2D eigenvalue weighted by molar-refractivity contribution is 0.414. The molecule has 0 aliphatic heterocycles. The van der Waals surface area contributed by atoms with Gasteiger partial charge < -0.3 is 10.5 Å². The lowest BCUT2D eigenvalue weighted by atomic mass is 10.1. The van der Waals surface area contributed by atoms with Gasteiger partial charge in [0.15, 0.2) is 9.84 Å². The summed E-state index contributed by atoms with van der Waals surface area (Å²) in [5, 5.41) is 0. The minimum absolute atomic E-state index is 0.151. The second-order valence-corrected chi connectivity index (χ2v) is 7.57. The van der Waals surface area contributed by atoms with Gasteiger partial charge in [-0.15, -0.1) is 0 Å². The third-order valence-electron chi connectivity index (χ3n) is 3.09. The highest BCUT2D eigenvalue weighted by atomic mass is 79.9. The Kier molecular flexibility index (Phi) is 5.03. The van der Waals surface area contributed by atoms with E-state index in [2.05, 4.69) is 15.9 Å². The van der Waals surface area contributed by atoms with Crippen molar-refractivity contribution in [2.75, 3.05) is 12.9 Å². The van der Waals surface area contributed by atoms with Crippen LogP contribution >= 0.6 is 15.9 Å². The highest BCUT2D eigenvalue weighted by Gasteiger charge is 2.20. The van der Waals surface area contributed by atoms with E-state index in [0.29, 0.717) is 5.75 Å². The van der Waals surface area contributed by atoms with Crippen molar-refractivity contribution in [2.45, 2.75) is 10.9 Å². The van der Waals surface area contributed by atoms with Crippen LogP contribution in [0.3, 0.4) is 0 Å². The molecule has 0 saturated heterocycles. The Morgan fingerprint density at radius 1 is 1.19 bits per heavy atom. The van der Waals surface area contributed by atoms with Crippen LogP contribution in [0.5, 0.6) is 5.75 Å². The number of hydrogen-bond donors (Lipinski definition) is 1.